The molecule has 2 fully saturated rings. The summed E-state index contributed by atoms with van der Waals surface area (Å²) in [7, 11) is 0. The maximum atomic E-state index is 12.2. The SMILES string of the molecule is O=C1N[C@@H](c2ccc(Br)c3cccnc23)N2CCCC[C@H]12. The zero-order valence-corrected chi connectivity index (χ0v) is 13.1. The van der Waals surface area contributed by atoms with E-state index in [0.717, 1.165) is 46.7 Å². The van der Waals surface area contributed by atoms with Gasteiger partial charge >= 0.3 is 0 Å². The lowest BCUT2D eigenvalue weighted by molar-refractivity contribution is -0.122. The van der Waals surface area contributed by atoms with Gasteiger partial charge in [0.25, 0.3) is 0 Å². The molecule has 0 unspecified atom stereocenters. The molecule has 2 aromatic rings. The highest BCUT2D eigenvalue weighted by Gasteiger charge is 2.42. The number of carbonyl (C=O) groups excluding carboxylic acids is 1. The highest BCUT2D eigenvalue weighted by Crippen LogP contribution is 2.36. The van der Waals surface area contributed by atoms with Gasteiger partial charge in [-0.05, 0) is 25.0 Å². The van der Waals surface area contributed by atoms with E-state index < -0.39 is 0 Å². The van der Waals surface area contributed by atoms with Gasteiger partial charge in [0.1, 0.15) is 6.17 Å². The second kappa shape index (κ2) is 5.07. The Labute approximate surface area is 131 Å². The molecular weight excluding hydrogens is 330 g/mol. The minimum Gasteiger partial charge on any atom is -0.335 e. The number of nitrogens with zero attached hydrogens (tertiary/aromatic N) is 2. The second-order valence-corrected chi connectivity index (χ2v) is 6.55. The molecule has 2 atom stereocenters. The Morgan fingerprint density at radius 1 is 1.29 bits per heavy atom. The van der Waals surface area contributed by atoms with E-state index in [1.165, 1.54) is 0 Å². The van der Waals surface area contributed by atoms with E-state index in [9.17, 15) is 4.79 Å². The molecule has 0 spiro atoms. The molecule has 0 bridgehead atoms. The van der Waals surface area contributed by atoms with Crippen molar-refractivity contribution in [1.82, 2.24) is 15.2 Å². The van der Waals surface area contributed by atoms with Crippen molar-refractivity contribution >= 4 is 32.7 Å². The Morgan fingerprint density at radius 2 is 2.19 bits per heavy atom. The largest absolute Gasteiger partial charge is 0.335 e. The number of halogens is 1. The predicted molar refractivity (Wildman–Crippen MR) is 84.7 cm³/mol. The standard InChI is InChI=1S/C16H16BrN3O/c17-12-7-6-11(14-10(12)4-3-8-18-14)15-19-16(21)13-5-1-2-9-20(13)15/h3-4,6-8,13,15H,1-2,5,9H2,(H,19,21)/t13-,15-/m1/s1. The average Bonchev–Trinajstić information content (AvgIpc) is 2.86. The third-order valence-corrected chi connectivity index (χ3v) is 5.19. The molecule has 0 saturated carbocycles. The molecule has 108 valence electrons. The molecule has 21 heavy (non-hydrogen) atoms. The maximum absolute atomic E-state index is 12.2. The smallest absolute Gasteiger partial charge is 0.238 e. The molecule has 2 aliphatic heterocycles. The van der Waals surface area contributed by atoms with Gasteiger partial charge in [-0.25, -0.2) is 0 Å². The van der Waals surface area contributed by atoms with Crippen LogP contribution in [0.5, 0.6) is 0 Å². The average molecular weight is 346 g/mol. The van der Waals surface area contributed by atoms with Crippen molar-refractivity contribution in [3.05, 3.63) is 40.5 Å². The van der Waals surface area contributed by atoms with Crippen LogP contribution >= 0.6 is 15.9 Å². The topological polar surface area (TPSA) is 45.2 Å². The van der Waals surface area contributed by atoms with Crippen LogP contribution in [-0.4, -0.2) is 28.4 Å². The number of hydrogen-bond acceptors (Lipinski definition) is 3. The van der Waals surface area contributed by atoms with E-state index in [1.807, 2.05) is 18.3 Å². The van der Waals surface area contributed by atoms with Crippen molar-refractivity contribution in [2.24, 2.45) is 0 Å². The van der Waals surface area contributed by atoms with Gasteiger partial charge in [0.15, 0.2) is 0 Å². The van der Waals surface area contributed by atoms with Gasteiger partial charge in [-0.2, -0.15) is 0 Å². The van der Waals surface area contributed by atoms with E-state index in [2.05, 4.69) is 43.3 Å². The minimum atomic E-state index is -0.0479. The second-order valence-electron chi connectivity index (χ2n) is 5.70. The van der Waals surface area contributed by atoms with Crippen molar-refractivity contribution in [2.45, 2.75) is 31.5 Å². The number of amides is 1. The zero-order chi connectivity index (χ0) is 14.4. The van der Waals surface area contributed by atoms with Crippen molar-refractivity contribution in [3.63, 3.8) is 0 Å². The van der Waals surface area contributed by atoms with E-state index in [-0.39, 0.29) is 18.1 Å². The molecule has 0 radical (unpaired) electrons. The van der Waals surface area contributed by atoms with E-state index in [1.54, 1.807) is 0 Å². The summed E-state index contributed by atoms with van der Waals surface area (Å²) in [5, 5.41) is 4.24. The summed E-state index contributed by atoms with van der Waals surface area (Å²) in [6.07, 6.45) is 5.02. The van der Waals surface area contributed by atoms with E-state index >= 15 is 0 Å². The molecule has 1 amide bonds. The fraction of sp³-hybridized carbons (Fsp3) is 0.375. The number of piperidine rings is 1. The number of carbonyl (C=O) groups is 1. The van der Waals surface area contributed by atoms with Gasteiger partial charge < -0.3 is 5.32 Å². The first-order valence-electron chi connectivity index (χ1n) is 7.35. The predicted octanol–water partition coefficient (Wildman–Crippen LogP) is 2.98. The molecule has 4 rings (SSSR count). The first-order chi connectivity index (χ1) is 10.3. The number of fused-ring (bicyclic) bond motifs is 2. The van der Waals surface area contributed by atoms with E-state index in [4.69, 9.17) is 0 Å². The highest BCUT2D eigenvalue weighted by molar-refractivity contribution is 9.10. The van der Waals surface area contributed by atoms with Crippen LogP contribution in [0.3, 0.4) is 0 Å². The Bertz CT molecular complexity index is 718. The summed E-state index contributed by atoms with van der Waals surface area (Å²) in [5.41, 5.74) is 2.05. The van der Waals surface area contributed by atoms with Crippen LogP contribution in [0.1, 0.15) is 31.0 Å². The number of pyridine rings is 1. The van der Waals surface area contributed by atoms with Crippen molar-refractivity contribution in [3.8, 4) is 0 Å². The number of rotatable bonds is 1. The Balaban J connectivity index is 1.83. The van der Waals surface area contributed by atoms with Crippen LogP contribution in [0.15, 0.2) is 34.9 Å². The molecule has 1 aromatic carbocycles. The lowest BCUT2D eigenvalue weighted by atomic mass is 10.0. The van der Waals surface area contributed by atoms with Crippen molar-refractivity contribution in [1.29, 1.82) is 0 Å². The Morgan fingerprint density at radius 3 is 3.10 bits per heavy atom. The number of hydrogen-bond donors (Lipinski definition) is 1. The van der Waals surface area contributed by atoms with E-state index in [0.29, 0.717) is 0 Å². The Kier molecular flexibility index (Phi) is 3.19. The zero-order valence-electron chi connectivity index (χ0n) is 11.6. The van der Waals surface area contributed by atoms with Gasteiger partial charge in [-0.3, -0.25) is 14.7 Å². The molecule has 4 nitrogen and oxygen atoms in total. The normalized spacial score (nSPS) is 25.9. The molecule has 1 aromatic heterocycles. The summed E-state index contributed by atoms with van der Waals surface area (Å²) in [5.74, 6) is 0.159. The number of nitrogens with one attached hydrogen (secondary N) is 1. The maximum Gasteiger partial charge on any atom is 0.238 e. The summed E-state index contributed by atoms with van der Waals surface area (Å²) in [6.45, 7) is 0.971. The fourth-order valence-electron chi connectivity index (χ4n) is 3.50. The van der Waals surface area contributed by atoms with Crippen molar-refractivity contribution in [2.75, 3.05) is 6.54 Å². The Hall–Kier alpha value is -1.46. The number of aromatic nitrogens is 1. The first kappa shape index (κ1) is 13.2. The summed E-state index contributed by atoms with van der Waals surface area (Å²) >= 11 is 3.58. The van der Waals surface area contributed by atoms with Crippen LogP contribution in [0.2, 0.25) is 0 Å². The summed E-state index contributed by atoms with van der Waals surface area (Å²) in [4.78, 5) is 19.0. The third kappa shape index (κ3) is 2.07. The quantitative estimate of drug-likeness (QED) is 0.864. The molecule has 5 heteroatoms. The van der Waals surface area contributed by atoms with Crippen LogP contribution in [-0.2, 0) is 4.79 Å². The number of benzene rings is 1. The lowest BCUT2D eigenvalue weighted by Gasteiger charge is -2.31. The van der Waals surface area contributed by atoms with Crippen LogP contribution in [0.25, 0.3) is 10.9 Å². The lowest BCUT2D eigenvalue weighted by Crippen LogP contribution is -2.38. The molecule has 1 N–H and O–H groups in total. The molecule has 3 heterocycles. The van der Waals surface area contributed by atoms with Gasteiger partial charge in [-0.15, -0.1) is 0 Å². The van der Waals surface area contributed by atoms with Gasteiger partial charge in [0.05, 0.1) is 11.6 Å². The summed E-state index contributed by atoms with van der Waals surface area (Å²) < 4.78 is 1.04. The third-order valence-electron chi connectivity index (χ3n) is 4.50. The first-order valence-corrected chi connectivity index (χ1v) is 8.14. The van der Waals surface area contributed by atoms with Gasteiger partial charge in [-0.1, -0.05) is 34.5 Å². The van der Waals surface area contributed by atoms with Crippen molar-refractivity contribution < 1.29 is 4.79 Å². The molecular formula is C16H16BrN3O. The summed E-state index contributed by atoms with van der Waals surface area (Å²) in [6, 6.07) is 8.14. The van der Waals surface area contributed by atoms with Crippen LogP contribution < -0.4 is 5.32 Å². The van der Waals surface area contributed by atoms with Gasteiger partial charge in [0, 0.05) is 28.2 Å². The monoisotopic (exact) mass is 345 g/mol. The van der Waals surface area contributed by atoms with Crippen LogP contribution in [0.4, 0.5) is 0 Å². The van der Waals surface area contributed by atoms with Crippen LogP contribution in [0, 0.1) is 0 Å². The molecule has 0 aliphatic carbocycles. The molecule has 2 aliphatic rings. The van der Waals surface area contributed by atoms with Gasteiger partial charge in [0.2, 0.25) is 5.91 Å². The molecule has 2 saturated heterocycles. The highest BCUT2D eigenvalue weighted by atomic mass is 79.9. The minimum absolute atomic E-state index is 0.0335. The fourth-order valence-corrected chi connectivity index (χ4v) is 3.95.